The van der Waals surface area contributed by atoms with Crippen LogP contribution < -0.4 is 5.73 Å². The molecular weight excluding hydrogens is 356 g/mol. The highest BCUT2D eigenvalue weighted by Gasteiger charge is 2.21. The van der Waals surface area contributed by atoms with E-state index in [1.54, 1.807) is 6.20 Å². The third-order valence-corrected chi connectivity index (χ3v) is 5.56. The molecule has 2 N–H and O–H groups in total. The second-order valence-electron chi connectivity index (χ2n) is 7.68. The minimum atomic E-state index is 0.343. The largest absolute Gasteiger partial charge is 0.396 e. The molecular formula is C25H32N4. The van der Waals surface area contributed by atoms with Crippen LogP contribution in [0, 0.1) is 6.92 Å². The highest BCUT2D eigenvalue weighted by molar-refractivity contribution is 6.12. The normalized spacial score (nSPS) is 18.9. The number of rotatable bonds is 7. The zero-order chi connectivity index (χ0) is 20.6. The first-order chi connectivity index (χ1) is 14.1. The minimum absolute atomic E-state index is 0.343. The second kappa shape index (κ2) is 10.1. The molecule has 4 heteroatoms. The molecule has 1 aliphatic carbocycles. The van der Waals surface area contributed by atoms with Crippen LogP contribution in [0.25, 0.3) is 5.70 Å². The fourth-order valence-corrected chi connectivity index (χ4v) is 3.80. The number of hydrogen-bond acceptors (Lipinski definition) is 4. The molecule has 1 aliphatic heterocycles. The molecule has 1 saturated carbocycles. The van der Waals surface area contributed by atoms with Crippen LogP contribution in [0.5, 0.6) is 0 Å². The van der Waals surface area contributed by atoms with Crippen molar-refractivity contribution in [1.29, 1.82) is 0 Å². The monoisotopic (exact) mass is 388 g/mol. The number of allylic oxidation sites excluding steroid dienone is 3. The van der Waals surface area contributed by atoms with Crippen molar-refractivity contribution in [3.63, 3.8) is 0 Å². The molecule has 0 spiro atoms. The molecule has 1 aromatic carbocycles. The molecule has 0 saturated heterocycles. The molecule has 0 unspecified atom stereocenters. The van der Waals surface area contributed by atoms with Gasteiger partial charge in [-0.25, -0.2) is 0 Å². The van der Waals surface area contributed by atoms with E-state index < -0.39 is 0 Å². The fourth-order valence-electron chi connectivity index (χ4n) is 3.80. The standard InChI is InChI=1S/C25H32N4/c1-4-20-14-17-29(18-15-20)25(24(26)21-11-9-19(2)10-12-21)23(13-16-27-3)28-22-7-5-6-8-22/h9-17,22H,3-8,18,26H2,1-2H3/b16-13-,25-24-,28-23?. The number of hydrogen-bond donors (Lipinski definition) is 1. The maximum absolute atomic E-state index is 6.76. The first-order valence-corrected chi connectivity index (χ1v) is 10.5. The molecule has 0 radical (unpaired) electrons. The quantitative estimate of drug-likeness (QED) is 0.637. The van der Waals surface area contributed by atoms with Crippen molar-refractivity contribution in [2.24, 2.45) is 15.7 Å². The maximum Gasteiger partial charge on any atom is 0.0905 e. The van der Waals surface area contributed by atoms with Gasteiger partial charge in [0.1, 0.15) is 0 Å². The summed E-state index contributed by atoms with van der Waals surface area (Å²) in [5.41, 5.74) is 12.9. The van der Waals surface area contributed by atoms with Crippen molar-refractivity contribution < 1.29 is 0 Å². The van der Waals surface area contributed by atoms with Crippen LogP contribution >= 0.6 is 0 Å². The van der Waals surface area contributed by atoms with E-state index in [0.29, 0.717) is 6.04 Å². The van der Waals surface area contributed by atoms with Crippen molar-refractivity contribution in [2.75, 3.05) is 6.54 Å². The Morgan fingerprint density at radius 2 is 1.97 bits per heavy atom. The lowest BCUT2D eigenvalue weighted by Gasteiger charge is -2.28. The average Bonchev–Trinajstić information content (AvgIpc) is 3.26. The molecule has 0 atom stereocenters. The summed E-state index contributed by atoms with van der Waals surface area (Å²) in [5.74, 6) is 0. The van der Waals surface area contributed by atoms with Crippen LogP contribution in [0.15, 0.2) is 76.1 Å². The van der Waals surface area contributed by atoms with Gasteiger partial charge in [-0.15, -0.1) is 0 Å². The number of nitrogens with zero attached hydrogens (tertiary/aromatic N) is 3. The zero-order valence-corrected chi connectivity index (χ0v) is 17.6. The van der Waals surface area contributed by atoms with Gasteiger partial charge in [0.2, 0.25) is 0 Å². The summed E-state index contributed by atoms with van der Waals surface area (Å²) in [7, 11) is 0. The van der Waals surface area contributed by atoms with E-state index in [9.17, 15) is 0 Å². The highest BCUT2D eigenvalue weighted by atomic mass is 15.1. The lowest BCUT2D eigenvalue weighted by atomic mass is 10.0. The predicted octanol–water partition coefficient (Wildman–Crippen LogP) is 5.39. The minimum Gasteiger partial charge on any atom is -0.396 e. The summed E-state index contributed by atoms with van der Waals surface area (Å²) in [6.45, 7) is 8.63. The Hall–Kier alpha value is -2.88. The number of aliphatic imine (C=N–C) groups is 2. The van der Waals surface area contributed by atoms with Gasteiger partial charge in [-0.3, -0.25) is 9.98 Å². The van der Waals surface area contributed by atoms with Crippen LogP contribution in [0.2, 0.25) is 0 Å². The van der Waals surface area contributed by atoms with Gasteiger partial charge in [-0.05, 0) is 56.2 Å². The Morgan fingerprint density at radius 1 is 1.24 bits per heavy atom. The van der Waals surface area contributed by atoms with Crippen molar-refractivity contribution in [2.45, 2.75) is 52.0 Å². The van der Waals surface area contributed by atoms with Crippen LogP contribution in [0.3, 0.4) is 0 Å². The Labute approximate surface area is 174 Å². The summed E-state index contributed by atoms with van der Waals surface area (Å²) in [4.78, 5) is 11.2. The van der Waals surface area contributed by atoms with Gasteiger partial charge in [0.05, 0.1) is 23.1 Å². The first-order valence-electron chi connectivity index (χ1n) is 10.5. The third kappa shape index (κ3) is 5.35. The van der Waals surface area contributed by atoms with Gasteiger partial charge >= 0.3 is 0 Å². The SMILES string of the molecule is C=N/C=C\C(=NC1CCCC1)/C(=C(/N)c1ccc(C)cc1)N1C=CC(CC)=CC1. The zero-order valence-electron chi connectivity index (χ0n) is 17.6. The highest BCUT2D eigenvalue weighted by Crippen LogP contribution is 2.26. The molecule has 4 nitrogen and oxygen atoms in total. The van der Waals surface area contributed by atoms with Gasteiger partial charge in [-0.2, -0.15) is 0 Å². The maximum atomic E-state index is 6.76. The number of benzene rings is 1. The fraction of sp³-hybridized carbons (Fsp3) is 0.360. The smallest absolute Gasteiger partial charge is 0.0905 e. The molecule has 0 bridgehead atoms. The summed E-state index contributed by atoms with van der Waals surface area (Å²) in [6, 6.07) is 8.68. The van der Waals surface area contributed by atoms with Gasteiger partial charge in [0.15, 0.2) is 0 Å². The van der Waals surface area contributed by atoms with Crippen LogP contribution in [0.4, 0.5) is 0 Å². The molecule has 0 amide bonds. The van der Waals surface area contributed by atoms with E-state index in [1.807, 2.05) is 6.08 Å². The van der Waals surface area contributed by atoms with E-state index in [1.165, 1.54) is 24.0 Å². The van der Waals surface area contributed by atoms with Gasteiger partial charge < -0.3 is 10.6 Å². The topological polar surface area (TPSA) is 54.0 Å². The summed E-state index contributed by atoms with van der Waals surface area (Å²) >= 11 is 0. The predicted molar refractivity (Wildman–Crippen MR) is 125 cm³/mol. The van der Waals surface area contributed by atoms with Gasteiger partial charge in [0, 0.05) is 18.9 Å². The van der Waals surface area contributed by atoms with Crippen molar-refractivity contribution >= 4 is 18.1 Å². The average molecular weight is 389 g/mol. The third-order valence-electron chi connectivity index (χ3n) is 5.56. The van der Waals surface area contributed by atoms with E-state index in [-0.39, 0.29) is 0 Å². The van der Waals surface area contributed by atoms with E-state index in [0.717, 1.165) is 48.5 Å². The molecule has 3 rings (SSSR count). The molecule has 1 fully saturated rings. The molecule has 0 aromatic heterocycles. The van der Waals surface area contributed by atoms with E-state index in [2.05, 4.69) is 73.1 Å². The Balaban J connectivity index is 2.09. The van der Waals surface area contributed by atoms with Gasteiger partial charge in [-0.1, -0.05) is 55.7 Å². The Bertz CT molecular complexity index is 863. The van der Waals surface area contributed by atoms with E-state index >= 15 is 0 Å². The van der Waals surface area contributed by atoms with Crippen molar-refractivity contribution in [1.82, 2.24) is 4.90 Å². The first kappa shape index (κ1) is 20.8. The number of nitrogens with two attached hydrogens (primary N) is 1. The van der Waals surface area contributed by atoms with Crippen molar-refractivity contribution in [3.8, 4) is 0 Å². The lowest BCUT2D eigenvalue weighted by Crippen LogP contribution is -2.28. The number of aryl methyl sites for hydroxylation is 1. The van der Waals surface area contributed by atoms with Crippen LogP contribution in [-0.2, 0) is 0 Å². The van der Waals surface area contributed by atoms with Gasteiger partial charge in [0.25, 0.3) is 0 Å². The lowest BCUT2D eigenvalue weighted by molar-refractivity contribution is 0.532. The summed E-state index contributed by atoms with van der Waals surface area (Å²) in [6.07, 6.45) is 16.0. The summed E-state index contributed by atoms with van der Waals surface area (Å²) < 4.78 is 0. The van der Waals surface area contributed by atoms with E-state index in [4.69, 9.17) is 10.7 Å². The molecule has 2 aliphatic rings. The van der Waals surface area contributed by atoms with Crippen LogP contribution in [0.1, 0.15) is 50.2 Å². The molecule has 29 heavy (non-hydrogen) atoms. The molecule has 1 heterocycles. The summed E-state index contributed by atoms with van der Waals surface area (Å²) in [5, 5.41) is 0. The Morgan fingerprint density at radius 3 is 2.55 bits per heavy atom. The van der Waals surface area contributed by atoms with Crippen LogP contribution in [-0.4, -0.2) is 29.9 Å². The second-order valence-corrected chi connectivity index (χ2v) is 7.68. The Kier molecular flexibility index (Phi) is 7.23. The molecule has 152 valence electrons. The molecule has 1 aromatic rings. The van der Waals surface area contributed by atoms with Crippen molar-refractivity contribution in [3.05, 3.63) is 77.3 Å².